The van der Waals surface area contributed by atoms with Gasteiger partial charge in [-0.2, -0.15) is 0 Å². The number of ether oxygens (including phenoxy) is 1. The Balaban J connectivity index is 2.59. The highest BCUT2D eigenvalue weighted by atomic mass is 79.9. The molecule has 0 saturated heterocycles. The fourth-order valence-electron chi connectivity index (χ4n) is 1.81. The van der Waals surface area contributed by atoms with E-state index in [9.17, 15) is 0 Å². The van der Waals surface area contributed by atoms with Gasteiger partial charge in [-0.3, -0.25) is 0 Å². The van der Waals surface area contributed by atoms with E-state index < -0.39 is 0 Å². The second-order valence-corrected chi connectivity index (χ2v) is 5.61. The third-order valence-electron chi connectivity index (χ3n) is 3.01. The van der Waals surface area contributed by atoms with Crippen molar-refractivity contribution in [2.45, 2.75) is 19.8 Å². The molecule has 1 aromatic carbocycles. The molecule has 0 aliphatic rings. The lowest BCUT2D eigenvalue weighted by atomic mass is 10.1. The molecule has 0 atom stereocenters. The van der Waals surface area contributed by atoms with Gasteiger partial charge in [0.05, 0.1) is 7.11 Å². The van der Waals surface area contributed by atoms with Crippen molar-refractivity contribution in [2.75, 3.05) is 19.5 Å². The predicted octanol–water partition coefficient (Wildman–Crippen LogP) is 4.08. The summed E-state index contributed by atoms with van der Waals surface area (Å²) in [6.07, 6.45) is 0. The molecular formula is C15H18BrN3O. The van der Waals surface area contributed by atoms with E-state index in [0.29, 0.717) is 11.7 Å². The number of hydrogen-bond donors (Lipinski definition) is 1. The van der Waals surface area contributed by atoms with Gasteiger partial charge in [0, 0.05) is 28.8 Å². The van der Waals surface area contributed by atoms with E-state index in [0.717, 1.165) is 27.3 Å². The van der Waals surface area contributed by atoms with E-state index in [1.807, 2.05) is 31.3 Å². The molecule has 0 aliphatic heterocycles. The molecule has 106 valence electrons. The molecule has 4 nitrogen and oxygen atoms in total. The molecule has 0 bridgehead atoms. The Morgan fingerprint density at radius 2 is 1.95 bits per heavy atom. The zero-order valence-electron chi connectivity index (χ0n) is 12.1. The van der Waals surface area contributed by atoms with E-state index in [1.54, 1.807) is 7.11 Å². The quantitative estimate of drug-likeness (QED) is 0.914. The lowest BCUT2D eigenvalue weighted by Gasteiger charge is -2.12. The van der Waals surface area contributed by atoms with Gasteiger partial charge in [-0.1, -0.05) is 29.8 Å². The van der Waals surface area contributed by atoms with Crippen LogP contribution in [0.3, 0.4) is 0 Å². The molecule has 1 aromatic heterocycles. The van der Waals surface area contributed by atoms with Crippen molar-refractivity contribution >= 4 is 21.7 Å². The van der Waals surface area contributed by atoms with Gasteiger partial charge in [0.15, 0.2) is 5.82 Å². The summed E-state index contributed by atoms with van der Waals surface area (Å²) >= 11 is 3.55. The number of benzene rings is 1. The number of methoxy groups -OCH3 is 1. The summed E-state index contributed by atoms with van der Waals surface area (Å²) in [5.74, 6) is 2.63. The van der Waals surface area contributed by atoms with Gasteiger partial charge in [0.2, 0.25) is 0 Å². The summed E-state index contributed by atoms with van der Waals surface area (Å²) in [6.45, 7) is 4.23. The summed E-state index contributed by atoms with van der Waals surface area (Å²) in [6, 6.07) is 7.75. The minimum absolute atomic E-state index is 0.341. The monoisotopic (exact) mass is 335 g/mol. The van der Waals surface area contributed by atoms with E-state index in [1.165, 1.54) is 0 Å². The van der Waals surface area contributed by atoms with Gasteiger partial charge < -0.3 is 10.1 Å². The van der Waals surface area contributed by atoms with E-state index in [4.69, 9.17) is 4.74 Å². The second kappa shape index (κ2) is 6.22. The van der Waals surface area contributed by atoms with E-state index in [2.05, 4.69) is 45.1 Å². The van der Waals surface area contributed by atoms with Crippen LogP contribution in [0.5, 0.6) is 5.75 Å². The minimum atomic E-state index is 0.341. The topological polar surface area (TPSA) is 47.0 Å². The van der Waals surface area contributed by atoms with Gasteiger partial charge in [0.25, 0.3) is 0 Å². The number of hydrogen-bond acceptors (Lipinski definition) is 4. The smallest absolute Gasteiger partial charge is 0.163 e. The molecule has 1 N–H and O–H groups in total. The first kappa shape index (κ1) is 14.8. The molecular weight excluding hydrogens is 318 g/mol. The third-order valence-corrected chi connectivity index (χ3v) is 3.70. The number of anilines is 1. The standard InChI is InChI=1S/C15H18BrN3O/c1-9(2)13-8-14(17-3)19-15(18-13)11-7-10(20-4)5-6-12(11)16/h5-9H,1-4H3,(H,17,18,19). The predicted molar refractivity (Wildman–Crippen MR) is 85.4 cm³/mol. The van der Waals surface area contributed by atoms with Crippen molar-refractivity contribution in [1.82, 2.24) is 9.97 Å². The minimum Gasteiger partial charge on any atom is -0.497 e. The summed E-state index contributed by atoms with van der Waals surface area (Å²) in [7, 11) is 3.51. The van der Waals surface area contributed by atoms with Crippen LogP contribution in [0.25, 0.3) is 11.4 Å². The summed E-state index contributed by atoms with van der Waals surface area (Å²) < 4.78 is 6.22. The van der Waals surface area contributed by atoms with Crippen LogP contribution in [0.15, 0.2) is 28.7 Å². The third kappa shape index (κ3) is 3.10. The maximum Gasteiger partial charge on any atom is 0.163 e. The van der Waals surface area contributed by atoms with Gasteiger partial charge in [-0.05, 0) is 24.1 Å². The van der Waals surface area contributed by atoms with Gasteiger partial charge >= 0.3 is 0 Å². The Morgan fingerprint density at radius 1 is 1.20 bits per heavy atom. The van der Waals surface area contributed by atoms with Crippen molar-refractivity contribution in [3.05, 3.63) is 34.4 Å². The SMILES string of the molecule is CNc1cc(C(C)C)nc(-c2cc(OC)ccc2Br)n1. The molecule has 0 aliphatic carbocycles. The van der Waals surface area contributed by atoms with Crippen molar-refractivity contribution in [1.29, 1.82) is 0 Å². The van der Waals surface area contributed by atoms with Crippen molar-refractivity contribution in [3.63, 3.8) is 0 Å². The Labute approximate surface area is 127 Å². The summed E-state index contributed by atoms with van der Waals surface area (Å²) in [5, 5.41) is 3.08. The van der Waals surface area contributed by atoms with E-state index >= 15 is 0 Å². The van der Waals surface area contributed by atoms with Gasteiger partial charge in [-0.25, -0.2) is 9.97 Å². The van der Waals surface area contributed by atoms with Crippen LogP contribution >= 0.6 is 15.9 Å². The highest BCUT2D eigenvalue weighted by Gasteiger charge is 2.12. The van der Waals surface area contributed by atoms with Crippen LogP contribution < -0.4 is 10.1 Å². The Bertz CT molecular complexity index is 614. The normalized spacial score (nSPS) is 10.7. The zero-order valence-corrected chi connectivity index (χ0v) is 13.7. The number of halogens is 1. The molecule has 1 heterocycles. The average Bonchev–Trinajstić information content (AvgIpc) is 2.47. The Morgan fingerprint density at radius 3 is 2.55 bits per heavy atom. The molecule has 0 amide bonds. The molecule has 20 heavy (non-hydrogen) atoms. The second-order valence-electron chi connectivity index (χ2n) is 4.75. The number of aromatic nitrogens is 2. The zero-order chi connectivity index (χ0) is 14.7. The van der Waals surface area contributed by atoms with Crippen molar-refractivity contribution < 1.29 is 4.74 Å². The summed E-state index contributed by atoms with van der Waals surface area (Å²) in [5.41, 5.74) is 1.93. The van der Waals surface area contributed by atoms with Crippen LogP contribution in [0, 0.1) is 0 Å². The maximum atomic E-state index is 5.27. The van der Waals surface area contributed by atoms with E-state index in [-0.39, 0.29) is 0 Å². The Hall–Kier alpha value is -1.62. The van der Waals surface area contributed by atoms with Crippen LogP contribution in [-0.4, -0.2) is 24.1 Å². The van der Waals surface area contributed by atoms with Crippen LogP contribution in [0.2, 0.25) is 0 Å². The molecule has 5 heteroatoms. The molecule has 0 unspecified atom stereocenters. The number of nitrogens with zero attached hydrogens (tertiary/aromatic N) is 2. The largest absolute Gasteiger partial charge is 0.497 e. The fourth-order valence-corrected chi connectivity index (χ4v) is 2.24. The van der Waals surface area contributed by atoms with Gasteiger partial charge in [0.1, 0.15) is 11.6 Å². The molecule has 0 spiro atoms. The first-order valence-corrected chi connectivity index (χ1v) is 7.25. The van der Waals surface area contributed by atoms with Crippen LogP contribution in [0.1, 0.15) is 25.5 Å². The molecule has 0 fully saturated rings. The van der Waals surface area contributed by atoms with Crippen LogP contribution in [-0.2, 0) is 0 Å². The number of nitrogens with one attached hydrogen (secondary N) is 1. The van der Waals surface area contributed by atoms with Gasteiger partial charge in [-0.15, -0.1) is 0 Å². The molecule has 2 aromatic rings. The molecule has 0 radical (unpaired) electrons. The highest BCUT2D eigenvalue weighted by Crippen LogP contribution is 2.31. The fraction of sp³-hybridized carbons (Fsp3) is 0.333. The van der Waals surface area contributed by atoms with Crippen molar-refractivity contribution in [3.8, 4) is 17.1 Å². The maximum absolute atomic E-state index is 5.27. The molecule has 2 rings (SSSR count). The van der Waals surface area contributed by atoms with Crippen LogP contribution in [0.4, 0.5) is 5.82 Å². The average molecular weight is 336 g/mol. The lowest BCUT2D eigenvalue weighted by molar-refractivity contribution is 0.415. The van der Waals surface area contributed by atoms with Crippen molar-refractivity contribution in [2.24, 2.45) is 0 Å². The molecule has 0 saturated carbocycles. The highest BCUT2D eigenvalue weighted by molar-refractivity contribution is 9.10. The lowest BCUT2D eigenvalue weighted by Crippen LogP contribution is -2.02. The first-order chi connectivity index (χ1) is 9.55. The number of rotatable bonds is 4. The first-order valence-electron chi connectivity index (χ1n) is 6.45. The Kier molecular flexibility index (Phi) is 4.60. The summed E-state index contributed by atoms with van der Waals surface area (Å²) in [4.78, 5) is 9.18.